The van der Waals surface area contributed by atoms with E-state index in [-0.39, 0.29) is 23.8 Å². The lowest BCUT2D eigenvalue weighted by molar-refractivity contribution is 0.0593. The number of hydrogen-bond acceptors (Lipinski definition) is 7. The van der Waals surface area contributed by atoms with Crippen LogP contribution in [0.4, 0.5) is 5.13 Å². The molecule has 1 fully saturated rings. The van der Waals surface area contributed by atoms with Crippen molar-refractivity contribution in [3.8, 4) is 0 Å². The molecule has 1 atom stereocenters. The number of hydrogen-bond donors (Lipinski definition) is 0. The second kappa shape index (κ2) is 7.55. The van der Waals surface area contributed by atoms with Gasteiger partial charge in [-0.3, -0.25) is 19.3 Å². The summed E-state index contributed by atoms with van der Waals surface area (Å²) in [6.45, 7) is 8.22. The third kappa shape index (κ3) is 3.39. The summed E-state index contributed by atoms with van der Waals surface area (Å²) >= 11 is 1.54. The molecule has 0 radical (unpaired) electrons. The minimum Gasteiger partial charge on any atom is -0.343 e. The van der Waals surface area contributed by atoms with Gasteiger partial charge in [-0.2, -0.15) is 0 Å². The molecule has 3 heterocycles. The van der Waals surface area contributed by atoms with Gasteiger partial charge in [0.25, 0.3) is 17.7 Å². The van der Waals surface area contributed by atoms with Crippen molar-refractivity contribution in [2.75, 3.05) is 31.1 Å². The summed E-state index contributed by atoms with van der Waals surface area (Å²) in [5.74, 6) is -0.715. The van der Waals surface area contributed by atoms with Crippen molar-refractivity contribution in [3.05, 3.63) is 39.9 Å². The second-order valence-electron chi connectivity index (χ2n) is 7.38. The highest BCUT2D eigenvalue weighted by atomic mass is 32.1. The number of aryl methyl sites for hydroxylation is 1. The zero-order valence-electron chi connectivity index (χ0n) is 16.7. The van der Waals surface area contributed by atoms with E-state index in [4.69, 9.17) is 0 Å². The quantitative estimate of drug-likeness (QED) is 0.715. The van der Waals surface area contributed by atoms with E-state index in [1.807, 2.05) is 20.8 Å². The minimum absolute atomic E-state index is 0.122. The number of amides is 3. The van der Waals surface area contributed by atoms with E-state index in [1.54, 1.807) is 34.4 Å². The fraction of sp³-hybridized carbons (Fsp3) is 0.450. The van der Waals surface area contributed by atoms with Crippen molar-refractivity contribution < 1.29 is 14.4 Å². The molecule has 2 aliphatic heterocycles. The van der Waals surface area contributed by atoms with Crippen LogP contribution in [-0.2, 0) is 0 Å². The van der Waals surface area contributed by atoms with Gasteiger partial charge in [0.15, 0.2) is 0 Å². The van der Waals surface area contributed by atoms with E-state index in [2.05, 4.69) is 15.1 Å². The number of piperazine rings is 1. The van der Waals surface area contributed by atoms with Crippen LogP contribution in [0.2, 0.25) is 0 Å². The average Bonchev–Trinajstić information content (AvgIpc) is 3.28. The first-order chi connectivity index (χ1) is 13.9. The van der Waals surface area contributed by atoms with E-state index in [0.717, 1.165) is 10.1 Å². The summed E-state index contributed by atoms with van der Waals surface area (Å²) in [6.07, 6.45) is 0.690. The summed E-state index contributed by atoms with van der Waals surface area (Å²) in [6, 6.07) is 4.65. The fourth-order valence-corrected chi connectivity index (χ4v) is 4.41. The molecule has 8 nitrogen and oxygen atoms in total. The predicted octanol–water partition coefficient (Wildman–Crippen LogP) is 2.20. The second-order valence-corrected chi connectivity index (χ2v) is 8.54. The van der Waals surface area contributed by atoms with Gasteiger partial charge in [0.1, 0.15) is 5.01 Å². The molecule has 1 unspecified atom stereocenters. The molecule has 0 aliphatic carbocycles. The van der Waals surface area contributed by atoms with E-state index in [0.29, 0.717) is 49.3 Å². The first-order valence-electron chi connectivity index (χ1n) is 9.77. The summed E-state index contributed by atoms with van der Waals surface area (Å²) in [7, 11) is 0. The molecule has 0 bridgehead atoms. The molecule has 152 valence electrons. The maximum absolute atomic E-state index is 13.0. The van der Waals surface area contributed by atoms with Gasteiger partial charge in [-0.1, -0.05) is 18.3 Å². The first kappa shape index (κ1) is 19.5. The molecule has 1 aromatic heterocycles. The molecule has 9 heteroatoms. The summed E-state index contributed by atoms with van der Waals surface area (Å²) in [5, 5.41) is 10.0. The number of imide groups is 1. The van der Waals surface area contributed by atoms with Gasteiger partial charge in [-0.15, -0.1) is 10.2 Å². The Kier molecular flexibility index (Phi) is 5.08. The Morgan fingerprint density at radius 2 is 1.79 bits per heavy atom. The maximum Gasteiger partial charge on any atom is 0.261 e. The van der Waals surface area contributed by atoms with Crippen molar-refractivity contribution in [3.63, 3.8) is 0 Å². The van der Waals surface area contributed by atoms with Gasteiger partial charge < -0.3 is 9.80 Å². The highest BCUT2D eigenvalue weighted by molar-refractivity contribution is 7.15. The normalized spacial score (nSPS) is 17.7. The third-order valence-electron chi connectivity index (χ3n) is 5.55. The molecule has 0 saturated carbocycles. The van der Waals surface area contributed by atoms with Crippen molar-refractivity contribution in [1.29, 1.82) is 0 Å². The zero-order chi connectivity index (χ0) is 20.7. The van der Waals surface area contributed by atoms with Crippen LogP contribution in [0.25, 0.3) is 0 Å². The predicted molar refractivity (Wildman–Crippen MR) is 109 cm³/mol. The zero-order valence-corrected chi connectivity index (χ0v) is 17.5. The van der Waals surface area contributed by atoms with Crippen LogP contribution >= 0.6 is 11.3 Å². The Labute approximate surface area is 173 Å². The molecule has 0 N–H and O–H groups in total. The van der Waals surface area contributed by atoms with Crippen LogP contribution < -0.4 is 4.90 Å². The van der Waals surface area contributed by atoms with E-state index >= 15 is 0 Å². The van der Waals surface area contributed by atoms with Crippen molar-refractivity contribution >= 4 is 34.2 Å². The van der Waals surface area contributed by atoms with Gasteiger partial charge in [-0.05, 0) is 38.5 Å². The lowest BCUT2D eigenvalue weighted by Gasteiger charge is -2.34. The molecule has 1 saturated heterocycles. The lowest BCUT2D eigenvalue weighted by atomic mass is 10.0. The van der Waals surface area contributed by atoms with Gasteiger partial charge in [-0.25, -0.2) is 0 Å². The monoisotopic (exact) mass is 413 g/mol. The molecule has 3 amide bonds. The highest BCUT2D eigenvalue weighted by Gasteiger charge is 2.38. The van der Waals surface area contributed by atoms with Crippen LogP contribution in [0.3, 0.4) is 0 Å². The molecule has 0 spiro atoms. The van der Waals surface area contributed by atoms with E-state index in [1.165, 1.54) is 4.90 Å². The number of rotatable bonds is 4. The van der Waals surface area contributed by atoms with Gasteiger partial charge in [0, 0.05) is 37.8 Å². The van der Waals surface area contributed by atoms with Crippen LogP contribution in [-0.4, -0.2) is 69.9 Å². The Morgan fingerprint density at radius 1 is 1.10 bits per heavy atom. The Bertz CT molecular complexity index is 980. The summed E-state index contributed by atoms with van der Waals surface area (Å²) < 4.78 is 0. The van der Waals surface area contributed by atoms with Gasteiger partial charge >= 0.3 is 0 Å². The number of anilines is 1. The highest BCUT2D eigenvalue weighted by Crippen LogP contribution is 2.27. The lowest BCUT2D eigenvalue weighted by Crippen LogP contribution is -2.48. The molecule has 4 rings (SSSR count). The molecular formula is C20H23N5O3S. The van der Waals surface area contributed by atoms with E-state index < -0.39 is 0 Å². The van der Waals surface area contributed by atoms with Crippen LogP contribution in [0.1, 0.15) is 56.3 Å². The molecule has 2 aliphatic rings. The van der Waals surface area contributed by atoms with Crippen molar-refractivity contribution in [2.24, 2.45) is 0 Å². The third-order valence-corrected chi connectivity index (χ3v) is 6.45. The van der Waals surface area contributed by atoms with Crippen LogP contribution in [0.5, 0.6) is 0 Å². The number of aromatic nitrogens is 2. The maximum atomic E-state index is 13.0. The molecule has 29 heavy (non-hydrogen) atoms. The standard InChI is InChI=1S/C20H23N5O3S/c1-4-12(2)25-18(27)15-6-5-14(11-16(15)19(25)28)17(26)23-7-9-24(10-8-23)20-22-21-13(3)29-20/h5-6,11-12H,4,7-10H2,1-3H3. The van der Waals surface area contributed by atoms with Crippen molar-refractivity contribution in [1.82, 2.24) is 20.0 Å². The van der Waals surface area contributed by atoms with Gasteiger partial charge in [0.2, 0.25) is 5.13 Å². The Balaban J connectivity index is 1.48. The molecule has 1 aromatic carbocycles. The smallest absolute Gasteiger partial charge is 0.261 e. The largest absolute Gasteiger partial charge is 0.343 e. The molecular weight excluding hydrogens is 390 g/mol. The number of carbonyl (C=O) groups excluding carboxylic acids is 3. The SMILES string of the molecule is CCC(C)N1C(=O)c2ccc(C(=O)N3CCN(c4nnc(C)s4)CC3)cc2C1=O. The Hall–Kier alpha value is -2.81. The van der Waals surface area contributed by atoms with Crippen LogP contribution in [0.15, 0.2) is 18.2 Å². The summed E-state index contributed by atoms with van der Waals surface area (Å²) in [4.78, 5) is 43.5. The van der Waals surface area contributed by atoms with Crippen LogP contribution in [0, 0.1) is 6.92 Å². The first-order valence-corrected chi connectivity index (χ1v) is 10.6. The van der Waals surface area contributed by atoms with E-state index in [9.17, 15) is 14.4 Å². The molecule has 2 aromatic rings. The number of nitrogens with zero attached hydrogens (tertiary/aromatic N) is 5. The number of benzene rings is 1. The van der Waals surface area contributed by atoms with Gasteiger partial charge in [0.05, 0.1) is 11.1 Å². The van der Waals surface area contributed by atoms with Crippen molar-refractivity contribution in [2.45, 2.75) is 33.2 Å². The summed E-state index contributed by atoms with van der Waals surface area (Å²) in [5.41, 5.74) is 1.14. The number of fused-ring (bicyclic) bond motifs is 1. The average molecular weight is 414 g/mol. The topological polar surface area (TPSA) is 86.7 Å². The minimum atomic E-state index is -0.314. The number of carbonyl (C=O) groups is 3. The Morgan fingerprint density at radius 3 is 2.41 bits per heavy atom. The fourth-order valence-electron chi connectivity index (χ4n) is 3.67.